The Morgan fingerprint density at radius 3 is 0.910 bits per heavy atom. The number of rotatable bonds is 33. The van der Waals surface area contributed by atoms with Gasteiger partial charge >= 0.3 is 103 Å². The molecule has 8 N–H and O–H groups in total. The zero-order chi connectivity index (χ0) is 85.6. The Hall–Kier alpha value is -7.78. The van der Waals surface area contributed by atoms with E-state index in [1.165, 1.54) is 88.2 Å². The first kappa shape index (κ1) is 108. The van der Waals surface area contributed by atoms with Gasteiger partial charge in [-0.25, -0.2) is 0 Å². The molecular weight excluding hydrogens is 1650 g/mol. The van der Waals surface area contributed by atoms with Gasteiger partial charge in [-0.05, 0) is 229 Å². The van der Waals surface area contributed by atoms with Crippen LogP contribution >= 0.6 is 15.9 Å². The third-order valence-corrected chi connectivity index (χ3v) is 19.3. The van der Waals surface area contributed by atoms with Gasteiger partial charge in [0.25, 0.3) is 6.47 Å². The summed E-state index contributed by atoms with van der Waals surface area (Å²) < 4.78 is 22.9. The van der Waals surface area contributed by atoms with Crippen molar-refractivity contribution >= 4 is 22.4 Å². The molecule has 0 bridgehead atoms. The third-order valence-electron chi connectivity index (χ3n) is 18.7. The first-order valence-electron chi connectivity index (χ1n) is 41.0. The van der Waals surface area contributed by atoms with Crippen LogP contribution in [0.1, 0.15) is 208 Å². The molecule has 15 nitrogen and oxygen atoms in total. The molecule has 0 saturated carbocycles. The van der Waals surface area contributed by atoms with Crippen LogP contribution < -0.4 is 122 Å². The monoisotopic (exact) mass is 1770 g/mol. The van der Waals surface area contributed by atoms with Crippen molar-refractivity contribution in [2.24, 2.45) is 0 Å². The van der Waals surface area contributed by atoms with E-state index in [1.807, 2.05) is 167 Å². The zero-order valence-electron chi connectivity index (χ0n) is 72.6. The summed E-state index contributed by atoms with van der Waals surface area (Å²) in [4.78, 5) is 11.2. The van der Waals surface area contributed by atoms with Crippen LogP contribution in [0.2, 0.25) is 0 Å². The number of unbranched alkanes of at least 4 members (excludes halogenated alkanes) is 3. The van der Waals surface area contributed by atoms with Gasteiger partial charge in [0, 0.05) is 17.5 Å². The van der Waals surface area contributed by atoms with Crippen molar-refractivity contribution < 1.29 is 179 Å². The minimum absolute atomic E-state index is 0. The zero-order valence-corrected chi connectivity index (χ0v) is 79.4. The first-order valence-corrected chi connectivity index (χ1v) is 42.2. The van der Waals surface area contributed by atoms with Gasteiger partial charge in [-0.3, -0.25) is 4.79 Å². The van der Waals surface area contributed by atoms with Crippen LogP contribution in [0.3, 0.4) is 0 Å². The van der Waals surface area contributed by atoms with E-state index in [9.17, 15) is 40.9 Å². The quantitative estimate of drug-likeness (QED) is 0.00362. The number of epoxide rings is 1. The molecule has 1 saturated heterocycles. The van der Waals surface area contributed by atoms with E-state index in [0.717, 1.165) is 121 Å². The standard InChI is InChI=1S/C25H28O2.2C17H20O3.C16H17BrO2.C16H16O2.C9H12.C2H6.CH2O3.CH4.2K.H/c1-20-16-23(18-24(17-20)27-19-22-13-6-3-7-14-22)25(26)15-9-8-12-21-10-4-2-5-11-21;2*18-15-10-14(11-16(19)12-15)17(20)9-5-4-8-13-6-2-1-3-7-13;1-12-7-14(16(18)10-17)9-15(8-12)19-11-13-5-3-2-4-6-13;1-12-7-14(16-11-18-16)9-15(8-12)17-10-13-5-3-2-4-6-13;1-2-6-9-7-4-3-5-8-9;1-2;2-1-4-3;;;;/h2-7,10-11,13-14,16-18,25-26H,8-9,12,15,19H2,1H3;2*1-3,6-7,10-12,17-20H,4-5,8-9H2;2-9,16,18H,10-11H2,1H3;2-9,16H,10-11H2,1H3;3-5,7-8H,2,6H2,1H3;1-2H3;1,3H;1H4;;;/q;;;;;;;;;2*+1;-1/p-1. The molecule has 640 valence electrons. The van der Waals surface area contributed by atoms with Gasteiger partial charge < -0.3 is 71.4 Å². The average Bonchev–Trinajstić information content (AvgIpc) is 1.65. The first-order chi connectivity index (χ1) is 57.8. The number of hydrogen-bond donors (Lipinski definition) is 8. The van der Waals surface area contributed by atoms with Gasteiger partial charge in [0.05, 0.1) is 31.0 Å². The van der Waals surface area contributed by atoms with E-state index >= 15 is 0 Å². The number of hydrogen-bond acceptors (Lipinski definition) is 15. The Labute approximate surface area is 820 Å². The molecule has 1 aliphatic rings. The van der Waals surface area contributed by atoms with Gasteiger partial charge in [-0.1, -0.05) is 300 Å². The van der Waals surface area contributed by atoms with Crippen molar-refractivity contribution in [3.8, 4) is 40.2 Å². The number of aliphatic hydroxyl groups excluding tert-OH is 4. The van der Waals surface area contributed by atoms with Gasteiger partial charge in [-0.2, -0.15) is 0 Å². The average molecular weight is 1770 g/mol. The topological polar surface area (TPSA) is 251 Å². The van der Waals surface area contributed by atoms with Gasteiger partial charge in [0.15, 0.2) is 0 Å². The van der Waals surface area contributed by atoms with Crippen LogP contribution in [0.5, 0.6) is 40.2 Å². The van der Waals surface area contributed by atoms with Crippen LogP contribution in [-0.2, 0) is 59.9 Å². The molecule has 1 heterocycles. The molecule has 0 aromatic heterocycles. The maximum atomic E-state index is 10.6. The van der Waals surface area contributed by atoms with Crippen LogP contribution in [0, 0.1) is 20.8 Å². The predicted octanol–water partition coefficient (Wildman–Crippen LogP) is 17.6. The molecule has 5 atom stereocenters. The molecule has 1 fully saturated rings. The van der Waals surface area contributed by atoms with Gasteiger partial charge in [-0.15, -0.1) is 0 Å². The molecule has 5 unspecified atom stereocenters. The number of phenols is 4. The van der Waals surface area contributed by atoms with E-state index in [1.54, 1.807) is 0 Å². The Balaban J connectivity index is 0.000000498. The van der Waals surface area contributed by atoms with Crippen LogP contribution in [0.4, 0.5) is 0 Å². The SMILES string of the molecule is C.CC.CCCc1ccccc1.Cc1cc(OCc2ccccc2)cc(C(O)CBr)c1.Cc1cc(OCc2ccccc2)cc(C(O)CCCCc2ccccc2)c1.Cc1cc(OCc2ccccc2)cc(C2CO2)c1.O=CO[O-].Oc1cc(O)cc(C(O)CCCCc2ccccc2)c1.Oc1cc(O)cc(C(O)CCCCc2ccccc2)c1.[H-].[K+].[K+]. The molecule has 12 aromatic carbocycles. The summed E-state index contributed by atoms with van der Waals surface area (Å²) in [5.74, 6) is 2.43. The van der Waals surface area contributed by atoms with Crippen molar-refractivity contribution in [1.82, 2.24) is 0 Å². The van der Waals surface area contributed by atoms with Crippen molar-refractivity contribution in [2.45, 2.75) is 189 Å². The van der Waals surface area contributed by atoms with E-state index in [2.05, 4.69) is 162 Å². The second-order valence-corrected chi connectivity index (χ2v) is 29.4. The summed E-state index contributed by atoms with van der Waals surface area (Å²) in [7, 11) is 0. The number of carbonyl (C=O) groups is 1. The summed E-state index contributed by atoms with van der Waals surface area (Å²) in [6.07, 6.45) is 11.5. The molecule has 0 radical (unpaired) electrons. The Kier molecular flexibility index (Phi) is 57.7. The van der Waals surface area contributed by atoms with Crippen molar-refractivity contribution in [2.75, 3.05) is 11.9 Å². The number of alkyl halides is 1. The molecular formula is C104H125BrK2O15. The number of aromatic hydroxyl groups is 4. The second-order valence-electron chi connectivity index (χ2n) is 28.8. The fourth-order valence-corrected chi connectivity index (χ4v) is 13.1. The van der Waals surface area contributed by atoms with Crippen LogP contribution in [0.25, 0.3) is 0 Å². The predicted molar refractivity (Wildman–Crippen MR) is 486 cm³/mol. The van der Waals surface area contributed by atoms with Gasteiger partial charge in [0.2, 0.25) is 0 Å². The second kappa shape index (κ2) is 64.9. The summed E-state index contributed by atoms with van der Waals surface area (Å²) in [5.41, 5.74) is 16.4. The number of aliphatic hydroxyl groups is 4. The Bertz CT molecular complexity index is 4540. The van der Waals surface area contributed by atoms with E-state index in [4.69, 9.17) is 29.0 Å². The Morgan fingerprint density at radius 1 is 0.385 bits per heavy atom. The fourth-order valence-electron chi connectivity index (χ4n) is 12.7. The number of carbonyl (C=O) groups excluding carboxylic acids is 1. The molecule has 13 rings (SSSR count). The molecule has 0 aliphatic carbocycles. The summed E-state index contributed by atoms with van der Waals surface area (Å²) >= 11 is 3.29. The maximum Gasteiger partial charge on any atom is 1.00 e. The smallest absolute Gasteiger partial charge is 1.00 e. The van der Waals surface area contributed by atoms with E-state index < -0.39 is 24.4 Å². The normalized spacial score (nSPS) is 12.0. The van der Waals surface area contributed by atoms with Gasteiger partial charge in [0.1, 0.15) is 66.2 Å². The van der Waals surface area contributed by atoms with E-state index in [0.29, 0.717) is 49.1 Å². The fraction of sp³-hybridized carbons (Fsp3) is 0.298. The van der Waals surface area contributed by atoms with Crippen LogP contribution in [-0.4, -0.2) is 59.3 Å². The largest absolute Gasteiger partial charge is 1.00 e. The molecule has 0 amide bonds. The van der Waals surface area contributed by atoms with Crippen LogP contribution in [0.15, 0.2) is 303 Å². The van der Waals surface area contributed by atoms with Crippen molar-refractivity contribution in [3.63, 3.8) is 0 Å². The number of phenolic OH excluding ortho intramolecular Hbond substituents is 4. The molecule has 12 aromatic rings. The molecule has 1 aliphatic heterocycles. The number of ether oxygens (including phenoxy) is 4. The summed E-state index contributed by atoms with van der Waals surface area (Å²) in [6, 6.07) is 98.6. The van der Waals surface area contributed by atoms with Crippen molar-refractivity contribution in [1.29, 1.82) is 0 Å². The van der Waals surface area contributed by atoms with Crippen molar-refractivity contribution in [3.05, 3.63) is 387 Å². The number of benzene rings is 12. The third kappa shape index (κ3) is 46.3. The summed E-state index contributed by atoms with van der Waals surface area (Å²) in [6.45, 7) is 14.7. The molecule has 18 heteroatoms. The molecule has 0 spiro atoms. The molecule has 122 heavy (non-hydrogen) atoms. The Morgan fingerprint density at radius 2 is 0.639 bits per heavy atom. The number of aryl methyl sites for hydroxylation is 7. The minimum atomic E-state index is -0.649. The minimum Gasteiger partial charge on any atom is -1.00 e. The van der Waals surface area contributed by atoms with E-state index in [-0.39, 0.29) is 147 Å². The number of halogens is 1. The summed E-state index contributed by atoms with van der Waals surface area (Å²) in [5, 5.41) is 87.1. The maximum absolute atomic E-state index is 10.6.